The molecule has 1 aliphatic rings. The highest BCUT2D eigenvalue weighted by Gasteiger charge is 2.39. The van der Waals surface area contributed by atoms with Crippen molar-refractivity contribution < 1.29 is 62.5 Å². The predicted molar refractivity (Wildman–Crippen MR) is 227 cm³/mol. The number of Topliss-reactive ketones (excluding diaryl/α,β-unsaturated/α-hetero) is 1. The Morgan fingerprint density at radius 2 is 1.42 bits per heavy atom. The quantitative estimate of drug-likeness (QED) is 0.0182. The maximum absolute atomic E-state index is 12.6. The van der Waals surface area contributed by atoms with E-state index in [1.807, 2.05) is 18.2 Å². The average molecular weight is 852 g/mol. The van der Waals surface area contributed by atoms with Crippen LogP contribution in [-0.2, 0) is 42.3 Å². The van der Waals surface area contributed by atoms with E-state index < -0.39 is 75.8 Å². The molecule has 0 radical (unpaired) electrons. The summed E-state index contributed by atoms with van der Waals surface area (Å²) in [5, 5.41) is 29.6. The highest BCUT2D eigenvalue weighted by Crippen LogP contribution is 2.43. The molecule has 0 aromatic rings. The van der Waals surface area contributed by atoms with Crippen LogP contribution in [0.5, 0.6) is 0 Å². The van der Waals surface area contributed by atoms with E-state index in [2.05, 4.69) is 60.9 Å². The van der Waals surface area contributed by atoms with Gasteiger partial charge in [0.2, 0.25) is 0 Å². The van der Waals surface area contributed by atoms with Gasteiger partial charge in [-0.3, -0.25) is 28.2 Å². The number of rotatable bonds is 34. The number of ether oxygens (including phenoxy) is 2. The first kappa shape index (κ1) is 53.5. The minimum atomic E-state index is -4.80. The summed E-state index contributed by atoms with van der Waals surface area (Å²) in [6.07, 6.45) is 32.1. The molecule has 6 N–H and O–H groups in total. The highest BCUT2D eigenvalue weighted by atomic mass is 31.2. The van der Waals surface area contributed by atoms with Gasteiger partial charge in [-0.25, -0.2) is 4.57 Å². The van der Waals surface area contributed by atoms with Crippen LogP contribution in [0.25, 0.3) is 0 Å². The number of ketones is 1. The van der Waals surface area contributed by atoms with Gasteiger partial charge in [0.15, 0.2) is 6.10 Å². The summed E-state index contributed by atoms with van der Waals surface area (Å²) in [5.74, 6) is -3.50. The van der Waals surface area contributed by atoms with Crippen LogP contribution in [0.2, 0.25) is 0 Å². The molecule has 59 heavy (non-hydrogen) atoms. The standard InChI is InChI=1S/C44H70NO13P/c1-3-5-7-8-9-10-11-12-13-14-15-16-17-18-24-28-43(50)58-36(33-56-59(53,54)57-34-39(45)44(51)52)32-55-42(49)27-23-20-19-22-26-37-38(41(48)31-40(37)47)30-29-35(46)25-21-6-4-2/h5,7,9-10,12-13,15-16,19,22,29-30,35-40,46-47H,3-4,6,8,11,14,17-18,20-21,23-28,31-34,45H2,1-2H3,(H,51,52)(H,53,54)/b7-5-,10-9-,13-12-,16-15-,22-19-,30-29+/t35-,36+,37+,38+,39-,40-/m0/s1. The second-order valence-corrected chi connectivity index (χ2v) is 16.0. The Balaban J connectivity index is 2.56. The third-order valence-corrected chi connectivity index (χ3v) is 10.3. The van der Waals surface area contributed by atoms with E-state index in [1.165, 1.54) is 0 Å². The fraction of sp³-hybridized carbons (Fsp3) is 0.636. The van der Waals surface area contributed by atoms with Crippen molar-refractivity contribution in [1.29, 1.82) is 0 Å². The van der Waals surface area contributed by atoms with Crippen molar-refractivity contribution in [3.8, 4) is 0 Å². The van der Waals surface area contributed by atoms with Crippen LogP contribution in [0, 0.1) is 11.8 Å². The van der Waals surface area contributed by atoms with Crippen LogP contribution in [-0.4, -0.2) is 88.1 Å². The molecule has 7 atom stereocenters. The van der Waals surface area contributed by atoms with Gasteiger partial charge in [0, 0.05) is 31.1 Å². The molecule has 1 aliphatic carbocycles. The monoisotopic (exact) mass is 851 g/mol. The van der Waals surface area contributed by atoms with Crippen LogP contribution in [0.4, 0.5) is 0 Å². The summed E-state index contributed by atoms with van der Waals surface area (Å²) in [5.41, 5.74) is 5.32. The van der Waals surface area contributed by atoms with Crippen molar-refractivity contribution in [2.45, 2.75) is 147 Å². The molecule has 0 saturated heterocycles. The second-order valence-electron chi connectivity index (χ2n) is 14.5. The molecule has 334 valence electrons. The van der Waals surface area contributed by atoms with Crippen LogP contribution >= 0.6 is 7.82 Å². The lowest BCUT2D eigenvalue weighted by Gasteiger charge is -2.20. The summed E-state index contributed by atoms with van der Waals surface area (Å²) >= 11 is 0. The van der Waals surface area contributed by atoms with E-state index in [4.69, 9.17) is 24.8 Å². The van der Waals surface area contributed by atoms with E-state index in [0.717, 1.165) is 57.8 Å². The van der Waals surface area contributed by atoms with Gasteiger partial charge in [0.05, 0.1) is 25.4 Å². The minimum absolute atomic E-state index is 0.0175. The molecule has 0 aromatic heterocycles. The highest BCUT2D eigenvalue weighted by molar-refractivity contribution is 7.47. The first-order valence-corrected chi connectivity index (χ1v) is 22.6. The molecule has 0 amide bonds. The number of carbonyl (C=O) groups excluding carboxylic acids is 3. The van der Waals surface area contributed by atoms with Crippen molar-refractivity contribution in [2.75, 3.05) is 19.8 Å². The zero-order valence-corrected chi connectivity index (χ0v) is 35.9. The van der Waals surface area contributed by atoms with E-state index in [0.29, 0.717) is 32.1 Å². The summed E-state index contributed by atoms with van der Waals surface area (Å²) in [7, 11) is -4.80. The molecule has 15 heteroatoms. The van der Waals surface area contributed by atoms with Gasteiger partial charge < -0.3 is 35.4 Å². The van der Waals surface area contributed by atoms with Crippen molar-refractivity contribution in [3.05, 3.63) is 72.9 Å². The Hall–Kier alpha value is -3.49. The van der Waals surface area contributed by atoms with Gasteiger partial charge >= 0.3 is 25.7 Å². The molecule has 1 fully saturated rings. The number of carboxylic acids is 1. The lowest BCUT2D eigenvalue weighted by Crippen LogP contribution is -2.34. The Kier molecular flexibility index (Phi) is 30.2. The molecule has 0 spiro atoms. The van der Waals surface area contributed by atoms with Crippen molar-refractivity contribution in [3.63, 3.8) is 0 Å². The summed E-state index contributed by atoms with van der Waals surface area (Å²) in [4.78, 5) is 58.6. The molecule has 0 aliphatic heterocycles. The summed E-state index contributed by atoms with van der Waals surface area (Å²) in [6.45, 7) is 2.24. The van der Waals surface area contributed by atoms with E-state index in [1.54, 1.807) is 12.2 Å². The fourth-order valence-corrected chi connectivity index (χ4v) is 6.70. The molecule has 0 bridgehead atoms. The number of hydrogen-bond donors (Lipinski definition) is 5. The first-order valence-electron chi connectivity index (χ1n) is 21.1. The molecule has 14 nitrogen and oxygen atoms in total. The fourth-order valence-electron chi connectivity index (χ4n) is 5.92. The van der Waals surface area contributed by atoms with Gasteiger partial charge in [-0.05, 0) is 70.6 Å². The smallest absolute Gasteiger partial charge is 0.472 e. The number of aliphatic hydroxyl groups is 2. The van der Waals surface area contributed by atoms with Crippen LogP contribution in [0.3, 0.4) is 0 Å². The van der Waals surface area contributed by atoms with Gasteiger partial charge in [-0.2, -0.15) is 0 Å². The topological polar surface area (TPSA) is 229 Å². The van der Waals surface area contributed by atoms with Crippen LogP contribution in [0.1, 0.15) is 123 Å². The lowest BCUT2D eigenvalue weighted by molar-refractivity contribution is -0.161. The Labute approximate surface area is 350 Å². The Morgan fingerprint density at radius 3 is 2.08 bits per heavy atom. The SMILES string of the molecule is CC/C=C\C/C=C\C/C=C\C/C=C\CCCCC(=O)O[C@H](COC(=O)CCC/C=C\C[C@H]1[C@@H](O)CC(=O)[C@@H]1/C=C/[C@@H](O)CCCCC)COP(=O)(O)OC[C@H](N)C(=O)O. The van der Waals surface area contributed by atoms with E-state index in [9.17, 15) is 38.8 Å². The molecule has 1 rings (SSSR count). The van der Waals surface area contributed by atoms with Crippen molar-refractivity contribution in [1.82, 2.24) is 0 Å². The number of nitrogens with two attached hydrogens (primary N) is 1. The zero-order chi connectivity index (χ0) is 43.7. The van der Waals surface area contributed by atoms with Crippen LogP contribution in [0.15, 0.2) is 72.9 Å². The lowest BCUT2D eigenvalue weighted by atomic mass is 9.90. The number of esters is 2. The maximum Gasteiger partial charge on any atom is 0.472 e. The first-order chi connectivity index (χ1) is 28.3. The number of carboxylic acid groups (broad SMARTS) is 1. The summed E-state index contributed by atoms with van der Waals surface area (Å²) < 4.78 is 32.5. The number of phosphoric ester groups is 1. The van der Waals surface area contributed by atoms with Gasteiger partial charge in [0.25, 0.3) is 0 Å². The molecule has 0 heterocycles. The number of carbonyl (C=O) groups is 4. The second kappa shape index (κ2) is 33.3. The Morgan fingerprint density at radius 1 is 0.814 bits per heavy atom. The predicted octanol–water partition coefficient (Wildman–Crippen LogP) is 7.53. The third-order valence-electron chi connectivity index (χ3n) is 9.32. The largest absolute Gasteiger partial charge is 0.480 e. The number of unbranched alkanes of at least 4 members (excludes halogenated alkanes) is 5. The molecule has 0 aromatic carbocycles. The average Bonchev–Trinajstić information content (AvgIpc) is 3.47. The maximum atomic E-state index is 12.6. The molecular formula is C44H70NO13P. The zero-order valence-electron chi connectivity index (χ0n) is 35.0. The van der Waals surface area contributed by atoms with Gasteiger partial charge in [0.1, 0.15) is 18.4 Å². The third kappa shape index (κ3) is 27.8. The number of aliphatic carboxylic acids is 1. The normalized spacial score (nSPS) is 20.1. The number of phosphoric acid groups is 1. The van der Waals surface area contributed by atoms with Crippen LogP contribution < -0.4 is 5.73 Å². The van der Waals surface area contributed by atoms with Crippen molar-refractivity contribution in [2.24, 2.45) is 17.6 Å². The Bertz CT molecular complexity index is 1440. The molecular weight excluding hydrogens is 781 g/mol. The summed E-state index contributed by atoms with van der Waals surface area (Å²) in [6, 6.07) is -1.57. The molecule has 1 unspecified atom stereocenters. The molecule has 1 saturated carbocycles. The number of allylic oxidation sites excluding steroid dienone is 11. The van der Waals surface area contributed by atoms with E-state index in [-0.39, 0.29) is 31.0 Å². The minimum Gasteiger partial charge on any atom is -0.480 e. The number of aliphatic hydroxyl groups excluding tert-OH is 2. The van der Waals surface area contributed by atoms with E-state index >= 15 is 0 Å². The van der Waals surface area contributed by atoms with Gasteiger partial charge in [-0.15, -0.1) is 0 Å². The van der Waals surface area contributed by atoms with Gasteiger partial charge in [-0.1, -0.05) is 106 Å². The van der Waals surface area contributed by atoms with Crippen molar-refractivity contribution >= 4 is 31.5 Å². The number of hydrogen-bond acceptors (Lipinski definition) is 12.